The van der Waals surface area contributed by atoms with Gasteiger partial charge in [0.2, 0.25) is 46.9 Å². The molecule has 0 aliphatic heterocycles. The number of benzene rings is 4. The molecule has 126 heavy (non-hydrogen) atoms. The molecular formula is C92H122N14O17S3. The lowest BCUT2D eigenvalue weighted by molar-refractivity contribution is -0.142. The van der Waals surface area contributed by atoms with Crippen LogP contribution in [0.5, 0.6) is 0 Å². The lowest BCUT2D eigenvalue weighted by Gasteiger charge is -2.20. The van der Waals surface area contributed by atoms with E-state index in [4.69, 9.17) is 41.6 Å². The molecule has 31 nitrogen and oxygen atoms in total. The molecule has 4 atom stereocenters. The molecule has 12 rings (SSSR count). The van der Waals surface area contributed by atoms with Gasteiger partial charge in [-0.25, -0.2) is 4.98 Å². The smallest absolute Gasteiger partial charge is 0.306 e. The molecule has 4 amide bonds. The van der Waals surface area contributed by atoms with Gasteiger partial charge in [-0.3, -0.25) is 43.3 Å². The van der Waals surface area contributed by atoms with Gasteiger partial charge in [-0.2, -0.15) is 4.98 Å². The minimum atomic E-state index is -0.522. The van der Waals surface area contributed by atoms with Gasteiger partial charge in [0.05, 0.1) is 92.8 Å². The number of hydrogen-bond acceptors (Lipinski definition) is 30. The van der Waals surface area contributed by atoms with Crippen LogP contribution in [0.4, 0.5) is 22.7 Å². The zero-order valence-corrected chi connectivity index (χ0v) is 79.7. The number of methoxy groups -OCH3 is 4. The topological polar surface area (TPSA) is 381 Å². The molecule has 8 aromatic heterocycles. The number of nitrogens with zero attached hydrogens (tertiary/aromatic N) is 14. The number of ether oxygens (including phenoxy) is 4. The predicted molar refractivity (Wildman–Crippen MR) is 492 cm³/mol. The summed E-state index contributed by atoms with van der Waals surface area (Å²) in [4.78, 5) is 119. The minimum absolute atomic E-state index is 0.0110. The van der Waals surface area contributed by atoms with Gasteiger partial charge in [0, 0.05) is 141 Å². The molecule has 0 saturated heterocycles. The summed E-state index contributed by atoms with van der Waals surface area (Å²) in [6.07, 6.45) is 2.14. The van der Waals surface area contributed by atoms with Crippen LogP contribution in [0.1, 0.15) is 214 Å². The molecule has 680 valence electrons. The quantitative estimate of drug-likeness (QED) is 0.0325. The zero-order valence-electron chi connectivity index (χ0n) is 77.2. The van der Waals surface area contributed by atoms with Crippen molar-refractivity contribution in [1.82, 2.24) is 50.9 Å². The maximum absolute atomic E-state index is 12.9. The Morgan fingerprint density at radius 3 is 0.968 bits per heavy atom. The highest BCUT2D eigenvalue weighted by atomic mass is 32.1. The maximum atomic E-state index is 12.9. The fraction of sp³-hybridized carbons (Fsp3) is 0.413. The van der Waals surface area contributed by atoms with E-state index in [1.165, 1.54) is 62.4 Å². The highest BCUT2D eigenvalue weighted by Crippen LogP contribution is 2.39. The van der Waals surface area contributed by atoms with Gasteiger partial charge >= 0.3 is 23.9 Å². The summed E-state index contributed by atoms with van der Waals surface area (Å²) in [5.74, 6) is -1.45. The zero-order chi connectivity index (χ0) is 94.1. The Hall–Kier alpha value is -12.6. The number of thiazole rings is 2. The monoisotopic (exact) mass is 1790 g/mol. The van der Waals surface area contributed by atoms with Crippen molar-refractivity contribution in [3.8, 4) is 44.4 Å². The average molecular weight is 1790 g/mol. The molecule has 8 heterocycles. The van der Waals surface area contributed by atoms with E-state index in [0.717, 1.165) is 49.3 Å². The molecule has 0 fully saturated rings. The standard InChI is InChI=1S/C20H22N4O5.C20H22N4O4S.2C20H21N3O4S.6C2H6/c1-12-18(22-29-19(12)20-21-13(2)28-23-20)14(11-17(26)27-4)10-16(25)24(3)15-8-6-5-7-9-15;1-12-18(23-28-19(12)20-22-21-13(2)29-20)14(11-17(26)27-4)10-16(25)24(3)15-8-6-5-7-9-15;1-13-19(22-27-20(13)16-11-28-12-21-16)14(10-18(25)26-3)9-17(24)23(2)15-7-5-4-6-8-15;1-13-19(22-27-20(13)16-11-21-12-28-16)14(10-18(25)26-3)9-17(24)23(2)15-7-5-4-6-8-15;6*1-2/h2*5-9,14H,10-11H2,1-4H3;2*4-8,11-12,14H,9-10H2,1-3H3;6*1-2H3/t4*14-;;;;;;/m1100....../s1. The summed E-state index contributed by atoms with van der Waals surface area (Å²) >= 11 is 4.28. The van der Waals surface area contributed by atoms with Crippen molar-refractivity contribution in [2.24, 2.45) is 0 Å². The Balaban J connectivity index is 0.000000416. The van der Waals surface area contributed by atoms with Crippen LogP contribution in [-0.4, -0.2) is 155 Å². The fourth-order valence-corrected chi connectivity index (χ4v) is 13.9. The van der Waals surface area contributed by atoms with E-state index < -0.39 is 47.5 Å². The fourth-order valence-electron chi connectivity index (χ4n) is 12.0. The number of amides is 4. The summed E-state index contributed by atoms with van der Waals surface area (Å²) in [6.45, 7) is 34.9. The number of aryl methyl sites for hydroxylation is 2. The molecular weight excluding hydrogens is 1670 g/mol. The van der Waals surface area contributed by atoms with Gasteiger partial charge in [-0.1, -0.05) is 193 Å². The SMILES string of the molecule is CC.CC.CC.CC.CC.CC.COC(=O)C[C@@H](CC(=O)N(C)c1ccccc1)c1noc(-c2nnc(C)s2)c1C.COC(=O)C[C@@H](CC(=O)N(C)c1ccccc1)c1noc(-c2noc(C)n2)c1C.COC(=O)C[C@H](CC(=O)N(C)c1ccccc1)c1noc(-c2cncs2)c1C.COC(=O)C[C@H](CC(=O)N(C)c1ccccc1)c1noc(-c2cscn2)c1C. The van der Waals surface area contributed by atoms with E-state index in [0.29, 0.717) is 68.0 Å². The highest BCUT2D eigenvalue weighted by Gasteiger charge is 2.34. The van der Waals surface area contributed by atoms with Crippen LogP contribution in [-0.2, 0) is 57.3 Å². The number of hydrogen-bond donors (Lipinski definition) is 0. The van der Waals surface area contributed by atoms with Crippen LogP contribution in [0.25, 0.3) is 44.4 Å². The van der Waals surface area contributed by atoms with Gasteiger partial charge in [-0.05, 0) is 83.1 Å². The van der Waals surface area contributed by atoms with E-state index in [9.17, 15) is 38.4 Å². The predicted octanol–water partition coefficient (Wildman–Crippen LogP) is 20.3. The first kappa shape index (κ1) is 108. The Morgan fingerprint density at radius 2 is 0.683 bits per heavy atom. The van der Waals surface area contributed by atoms with Crippen molar-refractivity contribution in [3.63, 3.8) is 0 Å². The van der Waals surface area contributed by atoms with E-state index >= 15 is 0 Å². The van der Waals surface area contributed by atoms with Crippen LogP contribution >= 0.6 is 34.0 Å². The van der Waals surface area contributed by atoms with Gasteiger partial charge in [0.15, 0.2) is 16.5 Å². The van der Waals surface area contributed by atoms with E-state index in [1.54, 1.807) is 78.9 Å². The number of aromatic nitrogens is 10. The molecule has 12 aromatic rings. The summed E-state index contributed by atoms with van der Waals surface area (Å²) in [5.41, 5.74) is 12.4. The molecule has 0 spiro atoms. The third-order valence-electron chi connectivity index (χ3n) is 18.5. The number of carbonyl (C=O) groups is 8. The number of rotatable bonds is 28. The van der Waals surface area contributed by atoms with Crippen LogP contribution < -0.4 is 19.6 Å². The van der Waals surface area contributed by atoms with Crippen LogP contribution in [0, 0.1) is 41.5 Å². The highest BCUT2D eigenvalue weighted by molar-refractivity contribution is 7.14. The first-order valence-electron chi connectivity index (χ1n) is 41.6. The van der Waals surface area contributed by atoms with Gasteiger partial charge in [-0.15, -0.1) is 32.9 Å². The normalized spacial score (nSPS) is 11.0. The second-order valence-corrected chi connectivity index (χ2v) is 28.8. The molecule has 0 N–H and O–H groups in total. The molecule has 0 unspecified atom stereocenters. The third-order valence-corrected chi connectivity index (χ3v) is 20.7. The summed E-state index contributed by atoms with van der Waals surface area (Å²) in [7, 11) is 12.1. The summed E-state index contributed by atoms with van der Waals surface area (Å²) in [5, 5.41) is 31.8. The van der Waals surface area contributed by atoms with E-state index in [2.05, 4.69) is 50.9 Å². The molecule has 0 radical (unpaired) electrons. The van der Waals surface area contributed by atoms with E-state index in [1.807, 2.05) is 237 Å². The Labute approximate surface area is 750 Å². The van der Waals surface area contributed by atoms with Crippen molar-refractivity contribution in [2.75, 3.05) is 76.2 Å². The van der Waals surface area contributed by atoms with Crippen LogP contribution in [0.3, 0.4) is 0 Å². The van der Waals surface area contributed by atoms with Crippen LogP contribution in [0.2, 0.25) is 0 Å². The lowest BCUT2D eigenvalue weighted by Crippen LogP contribution is -2.28. The Bertz CT molecular complexity index is 4830. The van der Waals surface area contributed by atoms with Gasteiger partial charge < -0.3 is 61.2 Å². The summed E-state index contributed by atoms with van der Waals surface area (Å²) < 4.78 is 46.1. The molecule has 0 bridgehead atoms. The van der Waals surface area contributed by atoms with Crippen molar-refractivity contribution in [1.29, 1.82) is 0 Å². The molecule has 34 heteroatoms. The maximum Gasteiger partial charge on any atom is 0.306 e. The number of carbonyl (C=O) groups excluding carboxylic acids is 8. The molecule has 0 aliphatic carbocycles. The van der Waals surface area contributed by atoms with Crippen molar-refractivity contribution in [2.45, 2.75) is 200 Å². The van der Waals surface area contributed by atoms with Crippen molar-refractivity contribution in [3.05, 3.63) is 200 Å². The van der Waals surface area contributed by atoms with Crippen molar-refractivity contribution >= 4 is 104 Å². The Kier molecular flexibility index (Phi) is 49.4. The minimum Gasteiger partial charge on any atom is -0.469 e. The largest absolute Gasteiger partial charge is 0.469 e. The Morgan fingerprint density at radius 1 is 0.373 bits per heavy atom. The molecule has 0 saturated carbocycles. The second-order valence-electron chi connectivity index (χ2n) is 26.0. The average Bonchev–Trinajstić information content (AvgIpc) is 1.67. The first-order valence-corrected chi connectivity index (χ1v) is 44.2. The van der Waals surface area contributed by atoms with Crippen LogP contribution in [0.15, 0.2) is 167 Å². The third kappa shape index (κ3) is 31.6. The molecule has 0 aliphatic rings. The van der Waals surface area contributed by atoms with Crippen molar-refractivity contribution < 1.29 is 79.9 Å². The van der Waals surface area contributed by atoms with E-state index in [-0.39, 0.29) is 80.8 Å². The number of para-hydroxylation sites is 4. The van der Waals surface area contributed by atoms with Gasteiger partial charge in [0.1, 0.15) is 10.7 Å². The molecule has 4 aromatic carbocycles. The number of esters is 4. The summed E-state index contributed by atoms with van der Waals surface area (Å²) in [6, 6.07) is 37.3. The first-order chi connectivity index (χ1) is 60.8. The lowest BCUT2D eigenvalue weighted by atomic mass is 9.93. The number of anilines is 4. The second kappa shape index (κ2) is 57.8. The van der Waals surface area contributed by atoms with Gasteiger partial charge in [0.25, 0.3) is 0 Å².